The van der Waals surface area contributed by atoms with Crippen LogP contribution in [0.1, 0.15) is 63.7 Å². The highest BCUT2D eigenvalue weighted by molar-refractivity contribution is 5.97. The van der Waals surface area contributed by atoms with E-state index in [4.69, 9.17) is 5.73 Å². The van der Waals surface area contributed by atoms with Gasteiger partial charge in [-0.3, -0.25) is 4.79 Å². The number of aromatic nitrogens is 2. The molecule has 0 bridgehead atoms. The minimum absolute atomic E-state index is 0.220. The molecule has 7 nitrogen and oxygen atoms in total. The molecular formula is C16H27N5O2. The van der Waals surface area contributed by atoms with Crippen molar-refractivity contribution in [2.24, 2.45) is 5.73 Å². The zero-order valence-electron chi connectivity index (χ0n) is 14.3. The molecule has 0 spiro atoms. The van der Waals surface area contributed by atoms with E-state index in [2.05, 4.69) is 20.6 Å². The van der Waals surface area contributed by atoms with E-state index in [9.17, 15) is 9.90 Å². The van der Waals surface area contributed by atoms with E-state index < -0.39 is 11.5 Å². The SMILES string of the molecule is CC(C)(C)Nc1nc(N[C@H]2CC[C@](C)(O)CC2)ncc1C(N)=O. The molecule has 0 saturated heterocycles. The van der Waals surface area contributed by atoms with Crippen LogP contribution >= 0.6 is 0 Å². The molecule has 1 aromatic heterocycles. The first-order chi connectivity index (χ1) is 10.6. The van der Waals surface area contributed by atoms with Crippen LogP contribution in [0.25, 0.3) is 0 Å². The Morgan fingerprint density at radius 2 is 2.00 bits per heavy atom. The highest BCUT2D eigenvalue weighted by Gasteiger charge is 2.29. The lowest BCUT2D eigenvalue weighted by Gasteiger charge is -2.33. The lowest BCUT2D eigenvalue weighted by molar-refractivity contribution is 0.0195. The molecule has 0 unspecified atom stereocenters. The average Bonchev–Trinajstić information content (AvgIpc) is 2.39. The van der Waals surface area contributed by atoms with Crippen LogP contribution < -0.4 is 16.4 Å². The number of nitrogens with two attached hydrogens (primary N) is 1. The Bertz CT molecular complexity index is 570. The number of hydrogen-bond acceptors (Lipinski definition) is 6. The van der Waals surface area contributed by atoms with E-state index in [-0.39, 0.29) is 17.1 Å². The van der Waals surface area contributed by atoms with Gasteiger partial charge in [0.15, 0.2) is 0 Å². The number of amides is 1. The van der Waals surface area contributed by atoms with Gasteiger partial charge in [0.05, 0.1) is 11.2 Å². The first kappa shape index (κ1) is 17.5. The maximum Gasteiger partial charge on any atom is 0.254 e. The van der Waals surface area contributed by atoms with Crippen molar-refractivity contribution in [1.82, 2.24) is 9.97 Å². The van der Waals surface area contributed by atoms with Crippen molar-refractivity contribution in [1.29, 1.82) is 0 Å². The Kier molecular flexibility index (Phi) is 4.79. The van der Waals surface area contributed by atoms with E-state index in [1.165, 1.54) is 6.20 Å². The van der Waals surface area contributed by atoms with Crippen LogP contribution in [0.4, 0.5) is 11.8 Å². The molecule has 0 radical (unpaired) electrons. The molecule has 128 valence electrons. The van der Waals surface area contributed by atoms with Crippen molar-refractivity contribution in [3.05, 3.63) is 11.8 Å². The summed E-state index contributed by atoms with van der Waals surface area (Å²) in [5, 5.41) is 16.5. The monoisotopic (exact) mass is 321 g/mol. The molecule has 1 aliphatic rings. The molecular weight excluding hydrogens is 294 g/mol. The first-order valence-corrected chi connectivity index (χ1v) is 8.00. The summed E-state index contributed by atoms with van der Waals surface area (Å²) in [5.41, 5.74) is 4.84. The van der Waals surface area contributed by atoms with Gasteiger partial charge in [-0.05, 0) is 53.4 Å². The van der Waals surface area contributed by atoms with Crippen molar-refractivity contribution < 1.29 is 9.90 Å². The molecule has 1 saturated carbocycles. The Balaban J connectivity index is 2.14. The lowest BCUT2D eigenvalue weighted by Crippen LogP contribution is -2.36. The minimum atomic E-state index is -0.576. The summed E-state index contributed by atoms with van der Waals surface area (Å²) in [6.45, 7) is 7.81. The first-order valence-electron chi connectivity index (χ1n) is 8.00. The topological polar surface area (TPSA) is 113 Å². The van der Waals surface area contributed by atoms with Crippen molar-refractivity contribution >= 4 is 17.7 Å². The van der Waals surface area contributed by atoms with Gasteiger partial charge in [0.2, 0.25) is 5.95 Å². The van der Waals surface area contributed by atoms with Gasteiger partial charge in [-0.25, -0.2) is 4.98 Å². The second kappa shape index (κ2) is 6.31. The third-order valence-corrected chi connectivity index (χ3v) is 3.94. The molecule has 0 aliphatic heterocycles. The van der Waals surface area contributed by atoms with Crippen molar-refractivity contribution in [2.75, 3.05) is 10.6 Å². The Morgan fingerprint density at radius 1 is 1.39 bits per heavy atom. The van der Waals surface area contributed by atoms with Crippen LogP contribution in [0.5, 0.6) is 0 Å². The summed E-state index contributed by atoms with van der Waals surface area (Å²) in [6.07, 6.45) is 4.66. The Hall–Kier alpha value is -1.89. The van der Waals surface area contributed by atoms with Crippen LogP contribution in [0.15, 0.2) is 6.20 Å². The van der Waals surface area contributed by atoms with Gasteiger partial charge in [0.1, 0.15) is 5.82 Å². The fraction of sp³-hybridized carbons (Fsp3) is 0.688. The van der Waals surface area contributed by atoms with Gasteiger partial charge in [0, 0.05) is 17.8 Å². The smallest absolute Gasteiger partial charge is 0.254 e. The minimum Gasteiger partial charge on any atom is -0.390 e. The molecule has 7 heteroatoms. The van der Waals surface area contributed by atoms with Crippen LogP contribution in [-0.2, 0) is 0 Å². The number of rotatable bonds is 4. The Labute approximate surface area is 137 Å². The van der Waals surface area contributed by atoms with E-state index >= 15 is 0 Å². The molecule has 1 amide bonds. The summed E-state index contributed by atoms with van der Waals surface area (Å²) < 4.78 is 0. The summed E-state index contributed by atoms with van der Waals surface area (Å²) >= 11 is 0. The highest BCUT2D eigenvalue weighted by Crippen LogP contribution is 2.29. The van der Waals surface area contributed by atoms with Crippen LogP contribution in [-0.4, -0.2) is 38.2 Å². The van der Waals surface area contributed by atoms with E-state index in [1.807, 2.05) is 27.7 Å². The second-order valence-corrected chi connectivity index (χ2v) is 7.61. The largest absolute Gasteiger partial charge is 0.390 e. The van der Waals surface area contributed by atoms with Crippen molar-refractivity contribution in [3.63, 3.8) is 0 Å². The van der Waals surface area contributed by atoms with Gasteiger partial charge in [-0.2, -0.15) is 4.98 Å². The summed E-state index contributed by atoms with van der Waals surface area (Å²) in [7, 11) is 0. The van der Waals surface area contributed by atoms with E-state index in [1.54, 1.807) is 0 Å². The second-order valence-electron chi connectivity index (χ2n) is 7.61. The predicted octanol–water partition coefficient (Wildman–Crippen LogP) is 1.89. The molecule has 1 aromatic rings. The van der Waals surface area contributed by atoms with Crippen LogP contribution in [0.2, 0.25) is 0 Å². The molecule has 0 aromatic carbocycles. The number of aliphatic hydroxyl groups is 1. The highest BCUT2D eigenvalue weighted by atomic mass is 16.3. The molecule has 1 aliphatic carbocycles. The number of nitrogens with one attached hydrogen (secondary N) is 2. The van der Waals surface area contributed by atoms with Crippen LogP contribution in [0, 0.1) is 0 Å². The van der Waals surface area contributed by atoms with E-state index in [0.29, 0.717) is 11.8 Å². The number of primary amides is 1. The van der Waals surface area contributed by atoms with Gasteiger partial charge >= 0.3 is 0 Å². The third-order valence-electron chi connectivity index (χ3n) is 3.94. The molecule has 2 rings (SSSR count). The fourth-order valence-electron chi connectivity index (χ4n) is 2.65. The fourth-order valence-corrected chi connectivity index (χ4v) is 2.65. The zero-order valence-corrected chi connectivity index (χ0v) is 14.3. The normalized spacial score (nSPS) is 25.0. The van der Waals surface area contributed by atoms with Crippen LogP contribution in [0.3, 0.4) is 0 Å². The summed E-state index contributed by atoms with van der Waals surface area (Å²) in [4.78, 5) is 20.1. The maximum atomic E-state index is 11.5. The maximum absolute atomic E-state index is 11.5. The van der Waals surface area contributed by atoms with Gasteiger partial charge in [-0.1, -0.05) is 0 Å². The molecule has 5 N–H and O–H groups in total. The predicted molar refractivity (Wildman–Crippen MR) is 90.4 cm³/mol. The lowest BCUT2D eigenvalue weighted by atomic mass is 9.84. The average molecular weight is 321 g/mol. The third kappa shape index (κ3) is 5.06. The van der Waals surface area contributed by atoms with E-state index in [0.717, 1.165) is 25.7 Å². The van der Waals surface area contributed by atoms with Crippen molar-refractivity contribution in [2.45, 2.75) is 70.6 Å². The standard InChI is InChI=1S/C16H27N5O2/c1-15(2,3)21-13-11(12(17)22)9-18-14(20-13)19-10-5-7-16(4,23)8-6-10/h9-10,23H,5-8H2,1-4H3,(H2,17,22)(H2,18,19,20,21)/t10-,16-. The quantitative estimate of drug-likeness (QED) is 0.673. The van der Waals surface area contributed by atoms with Gasteiger partial charge in [0.25, 0.3) is 5.91 Å². The number of nitrogens with zero attached hydrogens (tertiary/aromatic N) is 2. The number of hydrogen-bond donors (Lipinski definition) is 4. The number of carbonyl (C=O) groups excluding carboxylic acids is 1. The molecule has 1 heterocycles. The number of carbonyl (C=O) groups is 1. The van der Waals surface area contributed by atoms with Gasteiger partial charge < -0.3 is 21.5 Å². The molecule has 0 atom stereocenters. The summed E-state index contributed by atoms with van der Waals surface area (Å²) in [6, 6.07) is 0.220. The molecule has 23 heavy (non-hydrogen) atoms. The summed E-state index contributed by atoms with van der Waals surface area (Å²) in [5.74, 6) is 0.343. The van der Waals surface area contributed by atoms with Crippen molar-refractivity contribution in [3.8, 4) is 0 Å². The zero-order chi connectivity index (χ0) is 17.3. The van der Waals surface area contributed by atoms with Gasteiger partial charge in [-0.15, -0.1) is 0 Å². The Morgan fingerprint density at radius 3 is 2.52 bits per heavy atom. The number of anilines is 2. The molecule has 1 fully saturated rings.